The van der Waals surface area contributed by atoms with E-state index in [1.165, 1.54) is 22.4 Å². The van der Waals surface area contributed by atoms with Gasteiger partial charge in [0, 0.05) is 27.2 Å². The van der Waals surface area contributed by atoms with E-state index in [1.54, 1.807) is 19.2 Å². The number of guanidine groups is 1. The molecule has 0 aliphatic rings. The Hall–Kier alpha value is -3.13. The van der Waals surface area contributed by atoms with Crippen molar-refractivity contribution in [1.29, 1.82) is 5.26 Å². The average molecular weight is 547 g/mol. The number of halogens is 2. The van der Waals surface area contributed by atoms with Gasteiger partial charge >= 0.3 is 0 Å². The summed E-state index contributed by atoms with van der Waals surface area (Å²) in [6.45, 7) is 1.41. The second kappa shape index (κ2) is 12.0. The van der Waals surface area contributed by atoms with Crippen LogP contribution in [0.5, 0.6) is 0 Å². The number of aryl methyl sites for hydroxylation is 1. The molecule has 1 heterocycles. The zero-order valence-corrected chi connectivity index (χ0v) is 20.5. The second-order valence-corrected chi connectivity index (χ2v) is 7.13. The normalized spacial score (nSPS) is 10.9. The maximum absolute atomic E-state index is 13.2. The van der Waals surface area contributed by atoms with Crippen LogP contribution in [-0.2, 0) is 13.0 Å². The Morgan fingerprint density at radius 2 is 1.91 bits per heavy atom. The quantitative estimate of drug-likeness (QED) is 0.204. The number of hydrogen-bond acceptors (Lipinski definition) is 4. The lowest BCUT2D eigenvalue weighted by Crippen LogP contribution is -2.39. The topological polar surface area (TPSA) is 95.3 Å². The van der Waals surface area contributed by atoms with Crippen molar-refractivity contribution >= 4 is 35.8 Å². The van der Waals surface area contributed by atoms with Gasteiger partial charge in [0.1, 0.15) is 23.3 Å². The largest absolute Gasteiger partial charge is 0.382 e. The number of rotatable bonds is 7. The first-order chi connectivity index (χ1) is 15.0. The molecule has 168 valence electrons. The fraction of sp³-hybridized carbons (Fsp3) is 0.261. The Labute approximate surface area is 204 Å². The van der Waals surface area contributed by atoms with E-state index >= 15 is 0 Å². The highest BCUT2D eigenvalue weighted by Crippen LogP contribution is 2.21. The third-order valence-corrected chi connectivity index (χ3v) is 4.89. The summed E-state index contributed by atoms with van der Waals surface area (Å²) >= 11 is 0. The van der Waals surface area contributed by atoms with E-state index in [0.717, 1.165) is 18.9 Å². The minimum Gasteiger partial charge on any atom is -0.382 e. The summed E-state index contributed by atoms with van der Waals surface area (Å²) < 4.78 is 14.7. The van der Waals surface area contributed by atoms with Crippen LogP contribution in [0.15, 0.2) is 59.6 Å². The molecule has 0 unspecified atom stereocenters. The predicted molar refractivity (Wildman–Crippen MR) is 136 cm³/mol. The molecule has 0 atom stereocenters. The van der Waals surface area contributed by atoms with E-state index in [4.69, 9.17) is 5.73 Å². The molecule has 0 saturated carbocycles. The molecule has 7 nitrogen and oxygen atoms in total. The lowest BCUT2D eigenvalue weighted by Gasteiger charge is -2.22. The molecule has 0 fully saturated rings. The van der Waals surface area contributed by atoms with Crippen LogP contribution in [0.25, 0.3) is 5.69 Å². The van der Waals surface area contributed by atoms with Gasteiger partial charge in [-0.1, -0.05) is 30.3 Å². The van der Waals surface area contributed by atoms with E-state index in [9.17, 15) is 9.65 Å². The number of nitrogen functional groups attached to an aromatic ring is 1. The summed E-state index contributed by atoms with van der Waals surface area (Å²) in [5, 5.41) is 17.3. The van der Waals surface area contributed by atoms with Gasteiger partial charge < -0.3 is 16.0 Å². The number of aromatic nitrogens is 2. The lowest BCUT2D eigenvalue weighted by molar-refractivity contribution is 0.475. The molecule has 0 bridgehead atoms. The van der Waals surface area contributed by atoms with Crippen molar-refractivity contribution < 1.29 is 4.39 Å². The number of nitrogens with one attached hydrogen (secondary N) is 1. The van der Waals surface area contributed by atoms with Crippen molar-refractivity contribution in [1.82, 2.24) is 20.0 Å². The van der Waals surface area contributed by atoms with Crippen molar-refractivity contribution in [2.45, 2.75) is 19.4 Å². The summed E-state index contributed by atoms with van der Waals surface area (Å²) in [6.07, 6.45) is 1.32. The van der Waals surface area contributed by atoms with Crippen LogP contribution in [-0.4, -0.2) is 41.3 Å². The van der Waals surface area contributed by atoms with Crippen LogP contribution in [0.1, 0.15) is 23.2 Å². The smallest absolute Gasteiger partial charge is 0.193 e. The third kappa shape index (κ3) is 6.20. The molecule has 0 amide bonds. The van der Waals surface area contributed by atoms with Gasteiger partial charge in [-0.05, 0) is 42.7 Å². The number of hydrogen-bond donors (Lipinski definition) is 2. The van der Waals surface area contributed by atoms with Crippen LogP contribution in [0.3, 0.4) is 0 Å². The Morgan fingerprint density at radius 1 is 1.22 bits per heavy atom. The van der Waals surface area contributed by atoms with Crippen molar-refractivity contribution in [3.05, 3.63) is 77.2 Å². The van der Waals surface area contributed by atoms with Crippen molar-refractivity contribution in [2.24, 2.45) is 4.99 Å². The van der Waals surface area contributed by atoms with Gasteiger partial charge in [-0.2, -0.15) is 10.4 Å². The SMILES string of the molecule is CN=C(NCCCc1nn(-c2ccc(F)cc2)c(N)c1C#N)N(C)Cc1ccccc1.I. The lowest BCUT2D eigenvalue weighted by atomic mass is 10.1. The highest BCUT2D eigenvalue weighted by molar-refractivity contribution is 14.0. The van der Waals surface area contributed by atoms with Gasteiger partial charge in [0.15, 0.2) is 5.96 Å². The molecule has 0 saturated heterocycles. The number of nitriles is 1. The maximum Gasteiger partial charge on any atom is 0.193 e. The van der Waals surface area contributed by atoms with Crippen LogP contribution in [0.4, 0.5) is 10.2 Å². The van der Waals surface area contributed by atoms with Crippen LogP contribution >= 0.6 is 24.0 Å². The fourth-order valence-corrected chi connectivity index (χ4v) is 3.33. The Morgan fingerprint density at radius 3 is 2.53 bits per heavy atom. The number of nitrogens with zero attached hydrogens (tertiary/aromatic N) is 5. The highest BCUT2D eigenvalue weighted by Gasteiger charge is 2.16. The first-order valence-corrected chi connectivity index (χ1v) is 10.0. The van der Waals surface area contributed by atoms with E-state index in [-0.39, 0.29) is 35.6 Å². The molecular formula is C23H27FIN7. The molecule has 3 rings (SSSR count). The molecule has 0 aliphatic carbocycles. The number of aliphatic imine (C=N–C) groups is 1. The van der Waals surface area contributed by atoms with E-state index in [1.807, 2.05) is 25.2 Å². The Bertz CT molecular complexity index is 1070. The molecule has 32 heavy (non-hydrogen) atoms. The van der Waals surface area contributed by atoms with Crippen LogP contribution in [0, 0.1) is 17.1 Å². The minimum absolute atomic E-state index is 0. The van der Waals surface area contributed by atoms with Crippen molar-refractivity contribution in [3.63, 3.8) is 0 Å². The van der Waals surface area contributed by atoms with Crippen LogP contribution in [0.2, 0.25) is 0 Å². The molecule has 0 radical (unpaired) electrons. The predicted octanol–water partition coefficient (Wildman–Crippen LogP) is 3.72. The Kier molecular flexibility index (Phi) is 9.46. The van der Waals surface area contributed by atoms with E-state index in [2.05, 4.69) is 38.5 Å². The summed E-state index contributed by atoms with van der Waals surface area (Å²) in [4.78, 5) is 6.39. The van der Waals surface area contributed by atoms with Gasteiger partial charge in [0.05, 0.1) is 11.4 Å². The monoisotopic (exact) mass is 547 g/mol. The molecule has 3 N–H and O–H groups in total. The zero-order valence-electron chi connectivity index (χ0n) is 18.1. The van der Waals surface area contributed by atoms with Crippen LogP contribution < -0.4 is 11.1 Å². The second-order valence-electron chi connectivity index (χ2n) is 7.13. The van der Waals surface area contributed by atoms with Gasteiger partial charge in [0.2, 0.25) is 0 Å². The molecule has 2 aromatic carbocycles. The average Bonchev–Trinajstić information content (AvgIpc) is 3.10. The summed E-state index contributed by atoms with van der Waals surface area (Å²) in [7, 11) is 3.74. The molecule has 1 aromatic heterocycles. The van der Waals surface area contributed by atoms with Gasteiger partial charge in [-0.25, -0.2) is 9.07 Å². The highest BCUT2D eigenvalue weighted by atomic mass is 127. The Balaban J connectivity index is 0.00000363. The third-order valence-electron chi connectivity index (χ3n) is 4.89. The molecule has 0 spiro atoms. The molecular weight excluding hydrogens is 520 g/mol. The fourth-order valence-electron chi connectivity index (χ4n) is 3.33. The van der Waals surface area contributed by atoms with Crippen molar-refractivity contribution in [3.8, 4) is 11.8 Å². The van der Waals surface area contributed by atoms with Gasteiger partial charge in [-0.15, -0.1) is 24.0 Å². The minimum atomic E-state index is -0.341. The zero-order chi connectivity index (χ0) is 22.2. The van der Waals surface area contributed by atoms with Crippen molar-refractivity contribution in [2.75, 3.05) is 26.4 Å². The summed E-state index contributed by atoms with van der Waals surface area (Å²) in [6, 6.07) is 18.2. The summed E-state index contributed by atoms with van der Waals surface area (Å²) in [5.41, 5.74) is 8.91. The number of benzene rings is 2. The van der Waals surface area contributed by atoms with Gasteiger partial charge in [0.25, 0.3) is 0 Å². The standard InChI is InChI=1S/C23H26FN7.HI/c1-27-23(30(2)16-17-7-4-3-5-8-17)28-14-6-9-21-20(15-25)22(26)31(29-21)19-12-10-18(24)11-13-19;/h3-5,7-8,10-13H,6,9,14,16,26H2,1-2H3,(H,27,28);1H. The first kappa shape index (κ1) is 25.1. The maximum atomic E-state index is 13.2. The number of nitrogens with two attached hydrogens (primary N) is 1. The summed E-state index contributed by atoms with van der Waals surface area (Å²) in [5.74, 6) is 0.711. The van der Waals surface area contributed by atoms with E-state index in [0.29, 0.717) is 29.9 Å². The van der Waals surface area contributed by atoms with E-state index < -0.39 is 0 Å². The number of anilines is 1. The first-order valence-electron chi connectivity index (χ1n) is 10.0. The molecule has 3 aromatic rings. The van der Waals surface area contributed by atoms with Gasteiger partial charge in [-0.3, -0.25) is 4.99 Å². The molecule has 0 aliphatic heterocycles. The molecule has 9 heteroatoms.